The van der Waals surface area contributed by atoms with Crippen LogP contribution in [0.25, 0.3) is 22.1 Å². The number of methoxy groups -OCH3 is 1. The average Bonchev–Trinajstić information content (AvgIpc) is 2.80. The number of aromatic nitrogens is 1. The quantitative estimate of drug-likeness (QED) is 0.511. The van der Waals surface area contributed by atoms with Crippen LogP contribution in [0, 0.1) is 0 Å². The molecule has 0 radical (unpaired) electrons. The fraction of sp³-hybridized carbons (Fsp3) is 0.167. The summed E-state index contributed by atoms with van der Waals surface area (Å²) in [5.41, 5.74) is 3.64. The van der Waals surface area contributed by atoms with Gasteiger partial charge in [0.2, 0.25) is 5.43 Å². The second-order valence-corrected chi connectivity index (χ2v) is 7.22. The first-order valence-electron chi connectivity index (χ1n) is 9.69. The van der Waals surface area contributed by atoms with Crippen molar-refractivity contribution in [3.8, 4) is 22.6 Å². The lowest BCUT2D eigenvalue weighted by Crippen LogP contribution is -2.31. The topological polar surface area (TPSA) is 64.8 Å². The predicted octanol–water partition coefficient (Wildman–Crippen LogP) is 4.22. The number of pyridine rings is 1. The molecule has 2 aromatic carbocycles. The summed E-state index contributed by atoms with van der Waals surface area (Å²) < 4.78 is 17.3. The maximum atomic E-state index is 13.3. The zero-order valence-corrected chi connectivity index (χ0v) is 16.5. The number of nitrogens with zero attached hydrogens (tertiary/aromatic N) is 2. The van der Waals surface area contributed by atoms with E-state index in [-0.39, 0.29) is 5.43 Å². The highest BCUT2D eigenvalue weighted by molar-refractivity contribution is 5.86. The monoisotopic (exact) mass is 400 g/mol. The molecular formula is C24H20N2O4. The van der Waals surface area contributed by atoms with E-state index in [4.69, 9.17) is 13.9 Å². The standard InChI is InChI=1S/C24H20N2O4/c1-28-21-7-3-2-6-17(21)20-14-29-24-18(23(20)27)8-9-22-19(24)13-26(15-30-22)12-16-5-4-10-25-11-16/h2-11,14H,12-13,15H2,1H3. The van der Waals surface area contributed by atoms with Crippen molar-refractivity contribution in [3.05, 3.63) is 88.5 Å². The average molecular weight is 400 g/mol. The molecule has 0 bridgehead atoms. The molecule has 6 nitrogen and oxygen atoms in total. The van der Waals surface area contributed by atoms with Crippen LogP contribution in [0.3, 0.4) is 0 Å². The highest BCUT2D eigenvalue weighted by Gasteiger charge is 2.23. The van der Waals surface area contributed by atoms with Gasteiger partial charge in [0.1, 0.15) is 30.1 Å². The fourth-order valence-electron chi connectivity index (χ4n) is 3.86. The van der Waals surface area contributed by atoms with Crippen LogP contribution in [-0.4, -0.2) is 23.7 Å². The minimum absolute atomic E-state index is 0.0899. The summed E-state index contributed by atoms with van der Waals surface area (Å²) in [6.07, 6.45) is 5.12. The van der Waals surface area contributed by atoms with Gasteiger partial charge in [-0.1, -0.05) is 24.3 Å². The molecule has 0 atom stereocenters. The maximum Gasteiger partial charge on any atom is 0.200 e. The molecule has 30 heavy (non-hydrogen) atoms. The molecule has 0 spiro atoms. The zero-order valence-electron chi connectivity index (χ0n) is 16.5. The SMILES string of the molecule is COc1ccccc1-c1coc2c3c(ccc2c1=O)OCN(Cc1cccnc1)C3. The van der Waals surface area contributed by atoms with Gasteiger partial charge in [0.25, 0.3) is 0 Å². The van der Waals surface area contributed by atoms with Crippen LogP contribution in [0.1, 0.15) is 11.1 Å². The van der Waals surface area contributed by atoms with E-state index in [1.807, 2.05) is 48.7 Å². The Hall–Kier alpha value is -3.64. The molecule has 1 aliphatic rings. The smallest absolute Gasteiger partial charge is 0.200 e. The largest absolute Gasteiger partial charge is 0.496 e. The van der Waals surface area contributed by atoms with Crippen LogP contribution < -0.4 is 14.9 Å². The zero-order chi connectivity index (χ0) is 20.5. The van der Waals surface area contributed by atoms with Gasteiger partial charge in [0.05, 0.1) is 23.6 Å². The first kappa shape index (κ1) is 18.4. The van der Waals surface area contributed by atoms with E-state index in [2.05, 4.69) is 9.88 Å². The second-order valence-electron chi connectivity index (χ2n) is 7.22. The third-order valence-electron chi connectivity index (χ3n) is 5.31. The highest BCUT2D eigenvalue weighted by atomic mass is 16.5. The number of benzene rings is 2. The molecule has 6 heteroatoms. The molecule has 0 amide bonds. The van der Waals surface area contributed by atoms with Gasteiger partial charge in [-0.3, -0.25) is 14.7 Å². The number of fused-ring (bicyclic) bond motifs is 3. The third-order valence-corrected chi connectivity index (χ3v) is 5.31. The van der Waals surface area contributed by atoms with Gasteiger partial charge < -0.3 is 13.9 Å². The Kier molecular flexibility index (Phi) is 4.69. The summed E-state index contributed by atoms with van der Waals surface area (Å²) in [6.45, 7) is 1.79. The van der Waals surface area contributed by atoms with E-state index >= 15 is 0 Å². The van der Waals surface area contributed by atoms with Crippen molar-refractivity contribution >= 4 is 11.0 Å². The van der Waals surface area contributed by atoms with E-state index in [1.165, 1.54) is 6.26 Å². The molecule has 2 aromatic heterocycles. The number of para-hydroxylation sites is 1. The van der Waals surface area contributed by atoms with E-state index < -0.39 is 0 Å². The van der Waals surface area contributed by atoms with Crippen molar-refractivity contribution in [3.63, 3.8) is 0 Å². The Labute approximate surface area is 173 Å². The first-order valence-corrected chi connectivity index (χ1v) is 9.69. The number of hydrogen-bond acceptors (Lipinski definition) is 6. The Morgan fingerprint density at radius 2 is 2.00 bits per heavy atom. The van der Waals surface area contributed by atoms with Gasteiger partial charge >= 0.3 is 0 Å². The maximum absolute atomic E-state index is 13.3. The fourth-order valence-corrected chi connectivity index (χ4v) is 3.86. The molecule has 150 valence electrons. The van der Waals surface area contributed by atoms with Gasteiger partial charge in [-0.2, -0.15) is 0 Å². The van der Waals surface area contributed by atoms with Crippen molar-refractivity contribution in [1.82, 2.24) is 9.88 Å². The van der Waals surface area contributed by atoms with Gasteiger partial charge in [0, 0.05) is 31.0 Å². The summed E-state index contributed by atoms with van der Waals surface area (Å²) in [5.74, 6) is 1.38. The summed E-state index contributed by atoms with van der Waals surface area (Å²) in [6, 6.07) is 15.0. The van der Waals surface area contributed by atoms with Crippen molar-refractivity contribution in [1.29, 1.82) is 0 Å². The summed E-state index contributed by atoms with van der Waals surface area (Å²) in [7, 11) is 1.59. The minimum Gasteiger partial charge on any atom is -0.496 e. The summed E-state index contributed by atoms with van der Waals surface area (Å²) >= 11 is 0. The van der Waals surface area contributed by atoms with E-state index in [9.17, 15) is 4.79 Å². The Bertz CT molecular complexity index is 1270. The minimum atomic E-state index is -0.0899. The van der Waals surface area contributed by atoms with Crippen LogP contribution in [0.4, 0.5) is 0 Å². The van der Waals surface area contributed by atoms with Gasteiger partial charge in [0.15, 0.2) is 0 Å². The molecule has 0 unspecified atom stereocenters. The lowest BCUT2D eigenvalue weighted by Gasteiger charge is -2.29. The van der Waals surface area contributed by atoms with Crippen LogP contribution in [0.2, 0.25) is 0 Å². The first-order chi connectivity index (χ1) is 14.7. The van der Waals surface area contributed by atoms with E-state index in [0.717, 1.165) is 16.9 Å². The second kappa shape index (κ2) is 7.65. The van der Waals surface area contributed by atoms with E-state index in [0.29, 0.717) is 47.7 Å². The molecule has 0 saturated carbocycles. The molecular weight excluding hydrogens is 380 g/mol. The molecule has 0 saturated heterocycles. The van der Waals surface area contributed by atoms with Crippen LogP contribution in [-0.2, 0) is 13.1 Å². The van der Waals surface area contributed by atoms with Crippen LogP contribution >= 0.6 is 0 Å². The van der Waals surface area contributed by atoms with Crippen molar-refractivity contribution in [2.24, 2.45) is 0 Å². The normalized spacial score (nSPS) is 13.6. The van der Waals surface area contributed by atoms with Crippen molar-refractivity contribution in [2.75, 3.05) is 13.8 Å². The van der Waals surface area contributed by atoms with E-state index in [1.54, 1.807) is 19.4 Å². The number of ether oxygens (including phenoxy) is 2. The Morgan fingerprint density at radius 1 is 1.10 bits per heavy atom. The summed E-state index contributed by atoms with van der Waals surface area (Å²) in [4.78, 5) is 19.6. The number of rotatable bonds is 4. The molecule has 0 fully saturated rings. The molecule has 1 aliphatic heterocycles. The van der Waals surface area contributed by atoms with Crippen LogP contribution in [0.15, 0.2) is 76.4 Å². The summed E-state index contributed by atoms with van der Waals surface area (Å²) in [5, 5.41) is 0.531. The lowest BCUT2D eigenvalue weighted by atomic mass is 10.0. The Balaban J connectivity index is 1.55. The van der Waals surface area contributed by atoms with Crippen molar-refractivity contribution in [2.45, 2.75) is 13.1 Å². The molecule has 4 aromatic rings. The molecule has 0 aliphatic carbocycles. The number of hydrogen-bond donors (Lipinski definition) is 0. The lowest BCUT2D eigenvalue weighted by molar-refractivity contribution is 0.0889. The molecule has 0 N–H and O–H groups in total. The van der Waals surface area contributed by atoms with Crippen LogP contribution in [0.5, 0.6) is 11.5 Å². The molecule has 3 heterocycles. The van der Waals surface area contributed by atoms with Crippen molar-refractivity contribution < 1.29 is 13.9 Å². The van der Waals surface area contributed by atoms with Gasteiger partial charge in [-0.15, -0.1) is 0 Å². The molecule has 5 rings (SSSR count). The third kappa shape index (κ3) is 3.21. The van der Waals surface area contributed by atoms with Gasteiger partial charge in [-0.05, 0) is 29.8 Å². The van der Waals surface area contributed by atoms with Gasteiger partial charge in [-0.25, -0.2) is 0 Å². The predicted molar refractivity (Wildman–Crippen MR) is 113 cm³/mol. The Morgan fingerprint density at radius 3 is 2.83 bits per heavy atom. The highest BCUT2D eigenvalue weighted by Crippen LogP contribution is 2.34.